The first-order valence-corrected chi connectivity index (χ1v) is 11.4. The lowest BCUT2D eigenvalue weighted by molar-refractivity contribution is 0.415. The van der Waals surface area contributed by atoms with Crippen LogP contribution in [0.3, 0.4) is 0 Å². The molecule has 154 valence electrons. The summed E-state index contributed by atoms with van der Waals surface area (Å²) in [5.41, 5.74) is 1.83. The summed E-state index contributed by atoms with van der Waals surface area (Å²) >= 11 is 1.13. The van der Waals surface area contributed by atoms with Crippen molar-refractivity contribution in [3.05, 3.63) is 87.8 Å². The maximum atomic E-state index is 13.4. The third kappa shape index (κ3) is 3.69. The molecule has 4 rings (SSSR count). The van der Waals surface area contributed by atoms with Gasteiger partial charge >= 0.3 is 0 Å². The van der Waals surface area contributed by atoms with Crippen LogP contribution >= 0.6 is 11.3 Å². The molecule has 0 atom stereocenters. The fourth-order valence-corrected chi connectivity index (χ4v) is 5.69. The number of nitrogens with zero attached hydrogens (tertiary/aromatic N) is 3. The monoisotopic (exact) mass is 441 g/mol. The van der Waals surface area contributed by atoms with Crippen LogP contribution in [0.1, 0.15) is 11.3 Å². The SMILES string of the molecule is COc1ccccc1N(Cc1cc(=O)n2cc(C)ccc2n1)S(=O)(=O)c1cccs1. The number of pyridine rings is 1. The van der Waals surface area contributed by atoms with Gasteiger partial charge in [0.25, 0.3) is 15.6 Å². The summed E-state index contributed by atoms with van der Waals surface area (Å²) < 4.78 is 35.1. The minimum Gasteiger partial charge on any atom is -0.495 e. The fraction of sp³-hybridized carbons (Fsp3) is 0.143. The summed E-state index contributed by atoms with van der Waals surface area (Å²) in [6.07, 6.45) is 1.70. The number of fused-ring (bicyclic) bond motifs is 1. The normalized spacial score (nSPS) is 11.5. The number of rotatable bonds is 6. The van der Waals surface area contributed by atoms with Gasteiger partial charge in [0, 0.05) is 12.3 Å². The van der Waals surface area contributed by atoms with Crippen LogP contribution in [0.2, 0.25) is 0 Å². The second-order valence-electron chi connectivity index (χ2n) is 6.64. The number of sulfonamides is 1. The van der Waals surface area contributed by atoms with Gasteiger partial charge in [-0.3, -0.25) is 13.5 Å². The van der Waals surface area contributed by atoms with Gasteiger partial charge in [0.05, 0.1) is 25.0 Å². The van der Waals surface area contributed by atoms with Crippen LogP contribution < -0.4 is 14.6 Å². The molecule has 1 aromatic carbocycles. The number of hydrogen-bond donors (Lipinski definition) is 0. The van der Waals surface area contributed by atoms with E-state index in [0.717, 1.165) is 16.9 Å². The number of anilines is 1. The van der Waals surface area contributed by atoms with Crippen LogP contribution in [0.25, 0.3) is 5.65 Å². The molecular formula is C21H19N3O4S2. The van der Waals surface area contributed by atoms with Crippen molar-refractivity contribution in [2.75, 3.05) is 11.4 Å². The van der Waals surface area contributed by atoms with Gasteiger partial charge < -0.3 is 4.74 Å². The Kier molecular flexibility index (Phi) is 5.31. The van der Waals surface area contributed by atoms with Gasteiger partial charge in [0.1, 0.15) is 15.6 Å². The first-order chi connectivity index (χ1) is 14.4. The smallest absolute Gasteiger partial charge is 0.274 e. The molecule has 0 fully saturated rings. The van der Waals surface area contributed by atoms with Gasteiger partial charge in [0.2, 0.25) is 0 Å². The van der Waals surface area contributed by atoms with Crippen molar-refractivity contribution >= 4 is 32.7 Å². The number of hydrogen-bond acceptors (Lipinski definition) is 6. The number of para-hydroxylation sites is 2. The molecule has 3 heterocycles. The number of aromatic nitrogens is 2. The minimum atomic E-state index is -3.89. The predicted octanol–water partition coefficient (Wildman–Crippen LogP) is 3.47. The average Bonchev–Trinajstić information content (AvgIpc) is 3.28. The van der Waals surface area contributed by atoms with E-state index in [1.165, 1.54) is 21.9 Å². The summed E-state index contributed by atoms with van der Waals surface area (Å²) in [4.78, 5) is 17.1. The summed E-state index contributed by atoms with van der Waals surface area (Å²) in [6, 6.07) is 15.0. The Bertz CT molecular complexity index is 1360. The second-order valence-corrected chi connectivity index (χ2v) is 9.67. The van der Waals surface area contributed by atoms with Gasteiger partial charge in [0.15, 0.2) is 0 Å². The highest BCUT2D eigenvalue weighted by Gasteiger charge is 2.29. The Morgan fingerprint density at radius 1 is 1.13 bits per heavy atom. The van der Waals surface area contributed by atoms with E-state index in [2.05, 4.69) is 4.98 Å². The molecule has 4 aromatic rings. The van der Waals surface area contributed by atoms with Crippen LogP contribution in [0.5, 0.6) is 5.75 Å². The predicted molar refractivity (Wildman–Crippen MR) is 117 cm³/mol. The molecule has 0 aliphatic rings. The molecule has 0 aliphatic heterocycles. The van der Waals surface area contributed by atoms with E-state index in [9.17, 15) is 13.2 Å². The standard InChI is InChI=1S/C21H19N3O4S2/c1-15-9-10-19-22-16(12-20(25)23(19)13-15)14-24(17-6-3-4-7-18(17)28-2)30(26,27)21-8-5-11-29-21/h3-13H,14H2,1-2H3. The fourth-order valence-electron chi connectivity index (χ4n) is 3.14. The maximum Gasteiger partial charge on any atom is 0.274 e. The third-order valence-electron chi connectivity index (χ3n) is 4.56. The van der Waals surface area contributed by atoms with E-state index in [-0.39, 0.29) is 16.3 Å². The van der Waals surface area contributed by atoms with E-state index in [0.29, 0.717) is 22.8 Å². The molecule has 0 spiro atoms. The van der Waals surface area contributed by atoms with Crippen molar-refractivity contribution in [1.82, 2.24) is 9.38 Å². The highest BCUT2D eigenvalue weighted by atomic mass is 32.2. The highest BCUT2D eigenvalue weighted by molar-refractivity contribution is 7.94. The third-order valence-corrected chi connectivity index (χ3v) is 7.69. The molecule has 9 heteroatoms. The molecule has 30 heavy (non-hydrogen) atoms. The Morgan fingerprint density at radius 3 is 2.67 bits per heavy atom. The molecule has 0 radical (unpaired) electrons. The Morgan fingerprint density at radius 2 is 1.93 bits per heavy atom. The van der Waals surface area contributed by atoms with Crippen LogP contribution in [0.15, 0.2) is 75.2 Å². The average molecular weight is 442 g/mol. The molecule has 7 nitrogen and oxygen atoms in total. The van der Waals surface area contributed by atoms with Crippen molar-refractivity contribution in [3.8, 4) is 5.75 Å². The molecule has 0 amide bonds. The molecule has 0 saturated heterocycles. The molecule has 0 saturated carbocycles. The van der Waals surface area contributed by atoms with E-state index >= 15 is 0 Å². The molecule has 0 N–H and O–H groups in total. The number of aryl methyl sites for hydroxylation is 1. The van der Waals surface area contributed by atoms with Gasteiger partial charge in [-0.05, 0) is 42.1 Å². The zero-order chi connectivity index (χ0) is 21.3. The number of benzene rings is 1. The summed E-state index contributed by atoms with van der Waals surface area (Å²) in [6.45, 7) is 1.77. The van der Waals surface area contributed by atoms with E-state index < -0.39 is 10.0 Å². The number of ether oxygens (including phenoxy) is 1. The van der Waals surface area contributed by atoms with E-state index in [1.54, 1.807) is 54.0 Å². The summed E-state index contributed by atoms with van der Waals surface area (Å²) in [7, 11) is -2.41. The van der Waals surface area contributed by atoms with E-state index in [1.807, 2.05) is 13.0 Å². The zero-order valence-electron chi connectivity index (χ0n) is 16.3. The first kappa shape index (κ1) is 20.1. The zero-order valence-corrected chi connectivity index (χ0v) is 18.0. The first-order valence-electron chi connectivity index (χ1n) is 9.08. The van der Waals surface area contributed by atoms with Crippen molar-refractivity contribution in [2.24, 2.45) is 0 Å². The van der Waals surface area contributed by atoms with Crippen molar-refractivity contribution in [3.63, 3.8) is 0 Å². The van der Waals surface area contributed by atoms with Crippen LogP contribution in [-0.4, -0.2) is 24.9 Å². The number of methoxy groups -OCH3 is 1. The summed E-state index contributed by atoms with van der Waals surface area (Å²) in [5, 5.41) is 1.70. The summed E-state index contributed by atoms with van der Waals surface area (Å²) in [5.74, 6) is 0.408. The lowest BCUT2D eigenvalue weighted by Gasteiger charge is -2.25. The highest BCUT2D eigenvalue weighted by Crippen LogP contribution is 2.34. The Labute approximate surface area is 177 Å². The minimum absolute atomic E-state index is 0.111. The van der Waals surface area contributed by atoms with Gasteiger partial charge in [-0.15, -0.1) is 11.3 Å². The van der Waals surface area contributed by atoms with Crippen LogP contribution in [-0.2, 0) is 16.6 Å². The van der Waals surface area contributed by atoms with Crippen molar-refractivity contribution in [2.45, 2.75) is 17.7 Å². The largest absolute Gasteiger partial charge is 0.495 e. The van der Waals surface area contributed by atoms with E-state index in [4.69, 9.17) is 4.74 Å². The van der Waals surface area contributed by atoms with Gasteiger partial charge in [-0.25, -0.2) is 13.4 Å². The molecule has 0 aliphatic carbocycles. The van der Waals surface area contributed by atoms with Crippen molar-refractivity contribution < 1.29 is 13.2 Å². The molecular weight excluding hydrogens is 422 g/mol. The molecule has 3 aromatic heterocycles. The van der Waals surface area contributed by atoms with Crippen molar-refractivity contribution in [1.29, 1.82) is 0 Å². The quantitative estimate of drug-likeness (QED) is 0.458. The van der Waals surface area contributed by atoms with Crippen LogP contribution in [0.4, 0.5) is 5.69 Å². The van der Waals surface area contributed by atoms with Gasteiger partial charge in [-0.1, -0.05) is 24.3 Å². The number of thiophene rings is 1. The second kappa shape index (κ2) is 7.92. The van der Waals surface area contributed by atoms with Gasteiger partial charge in [-0.2, -0.15) is 0 Å². The Balaban J connectivity index is 1.86. The lowest BCUT2D eigenvalue weighted by atomic mass is 10.2. The Hall–Kier alpha value is -3.17. The maximum absolute atomic E-state index is 13.4. The molecule has 0 unspecified atom stereocenters. The lowest BCUT2D eigenvalue weighted by Crippen LogP contribution is -2.31. The molecule has 0 bridgehead atoms. The van der Waals surface area contributed by atoms with Crippen LogP contribution in [0, 0.1) is 6.92 Å². The topological polar surface area (TPSA) is 81.0 Å².